The third-order valence-electron chi connectivity index (χ3n) is 8.72. The van der Waals surface area contributed by atoms with E-state index in [0.717, 1.165) is 55.8 Å². The maximum absolute atomic E-state index is 6.26. The van der Waals surface area contributed by atoms with Crippen LogP contribution >= 0.6 is 0 Å². The standard InChI is InChI=1S/C38H22N4O/c1-2-11-23(12-3-1)41-30-17-7-4-13-24(30)27-22-33-28(21-32(27)41)25-14-5-8-18-31(25)42(33)38-39-29-16-10-20-35-36(29)37(40-38)26-15-6-9-19-34(26)43-35/h1-22H. The first-order chi connectivity index (χ1) is 21.3. The van der Waals surface area contributed by atoms with Gasteiger partial charge >= 0.3 is 0 Å². The van der Waals surface area contributed by atoms with Gasteiger partial charge in [-0.3, -0.25) is 4.57 Å². The van der Waals surface area contributed by atoms with E-state index in [-0.39, 0.29) is 0 Å². The molecule has 0 saturated heterocycles. The highest BCUT2D eigenvalue weighted by Gasteiger charge is 2.25. The molecule has 0 atom stereocenters. The van der Waals surface area contributed by atoms with Crippen LogP contribution in [0.2, 0.25) is 0 Å². The van der Waals surface area contributed by atoms with Crippen molar-refractivity contribution in [2.45, 2.75) is 0 Å². The van der Waals surface area contributed by atoms with Crippen molar-refractivity contribution < 1.29 is 4.74 Å². The van der Waals surface area contributed by atoms with Crippen LogP contribution in [0.5, 0.6) is 11.5 Å². The van der Waals surface area contributed by atoms with Crippen molar-refractivity contribution in [1.29, 1.82) is 0 Å². The van der Waals surface area contributed by atoms with Crippen LogP contribution in [0.3, 0.4) is 0 Å². The van der Waals surface area contributed by atoms with Gasteiger partial charge in [-0.2, -0.15) is 0 Å². The summed E-state index contributed by atoms with van der Waals surface area (Å²) >= 11 is 0. The van der Waals surface area contributed by atoms with Gasteiger partial charge in [0.15, 0.2) is 0 Å². The molecule has 0 radical (unpaired) electrons. The molecule has 9 aromatic rings. The molecular formula is C38H22N4O. The van der Waals surface area contributed by atoms with Crippen molar-refractivity contribution >= 4 is 54.5 Å². The summed E-state index contributed by atoms with van der Waals surface area (Å²) in [5, 5.41) is 5.68. The van der Waals surface area contributed by atoms with Gasteiger partial charge in [0.25, 0.3) is 0 Å². The smallest absolute Gasteiger partial charge is 0.235 e. The van der Waals surface area contributed by atoms with Crippen LogP contribution in [0.4, 0.5) is 0 Å². The first-order valence-electron chi connectivity index (χ1n) is 14.4. The lowest BCUT2D eigenvalue weighted by molar-refractivity contribution is 0.486. The van der Waals surface area contributed by atoms with Gasteiger partial charge < -0.3 is 9.30 Å². The Morgan fingerprint density at radius 1 is 0.465 bits per heavy atom. The summed E-state index contributed by atoms with van der Waals surface area (Å²) < 4.78 is 10.8. The summed E-state index contributed by atoms with van der Waals surface area (Å²) in [5.74, 6) is 2.24. The Morgan fingerprint density at radius 2 is 1.09 bits per heavy atom. The second-order valence-corrected chi connectivity index (χ2v) is 11.0. The lowest BCUT2D eigenvalue weighted by atomic mass is 10.0. The molecule has 5 heteroatoms. The molecule has 5 nitrogen and oxygen atoms in total. The molecule has 0 aliphatic carbocycles. The van der Waals surface area contributed by atoms with Crippen molar-refractivity contribution in [3.8, 4) is 34.4 Å². The Kier molecular flexibility index (Phi) is 4.39. The van der Waals surface area contributed by atoms with Crippen molar-refractivity contribution in [3.05, 3.63) is 133 Å². The third-order valence-corrected chi connectivity index (χ3v) is 8.72. The topological polar surface area (TPSA) is 44.9 Å². The minimum absolute atomic E-state index is 0.647. The highest BCUT2D eigenvalue weighted by atomic mass is 16.5. The molecule has 43 heavy (non-hydrogen) atoms. The molecule has 0 unspecified atom stereocenters. The quantitative estimate of drug-likeness (QED) is 0.215. The molecule has 0 N–H and O–H groups in total. The average Bonchev–Trinajstić information content (AvgIpc) is 3.56. The van der Waals surface area contributed by atoms with E-state index in [4.69, 9.17) is 14.7 Å². The van der Waals surface area contributed by atoms with E-state index in [1.807, 2.05) is 36.4 Å². The Morgan fingerprint density at radius 3 is 1.88 bits per heavy atom. The molecule has 0 spiro atoms. The fraction of sp³-hybridized carbons (Fsp3) is 0. The molecule has 10 rings (SSSR count). The number of ether oxygens (including phenoxy) is 1. The first kappa shape index (κ1) is 22.7. The number of fused-ring (bicyclic) bond motifs is 8. The molecule has 6 aromatic carbocycles. The van der Waals surface area contributed by atoms with Crippen LogP contribution in [0.1, 0.15) is 0 Å². The summed E-state index contributed by atoms with van der Waals surface area (Å²) in [7, 11) is 0. The first-order valence-corrected chi connectivity index (χ1v) is 14.4. The zero-order valence-corrected chi connectivity index (χ0v) is 22.9. The van der Waals surface area contributed by atoms with Crippen molar-refractivity contribution in [2.24, 2.45) is 0 Å². The number of benzene rings is 6. The third kappa shape index (κ3) is 3.05. The van der Waals surface area contributed by atoms with Gasteiger partial charge in [0.05, 0.1) is 38.7 Å². The Balaban J connectivity index is 1.35. The van der Waals surface area contributed by atoms with Crippen LogP contribution < -0.4 is 4.74 Å². The summed E-state index contributed by atoms with van der Waals surface area (Å²) in [6.45, 7) is 0. The molecule has 200 valence electrons. The summed E-state index contributed by atoms with van der Waals surface area (Å²) in [6.07, 6.45) is 0. The van der Waals surface area contributed by atoms with Crippen LogP contribution in [0, 0.1) is 0 Å². The molecule has 4 heterocycles. The van der Waals surface area contributed by atoms with Gasteiger partial charge in [-0.15, -0.1) is 0 Å². The second kappa shape index (κ2) is 8.30. The van der Waals surface area contributed by atoms with Crippen LogP contribution in [-0.4, -0.2) is 19.1 Å². The van der Waals surface area contributed by atoms with Crippen LogP contribution in [0.25, 0.3) is 77.4 Å². The van der Waals surface area contributed by atoms with E-state index in [1.165, 1.54) is 27.2 Å². The fourth-order valence-corrected chi connectivity index (χ4v) is 6.89. The second-order valence-electron chi connectivity index (χ2n) is 11.0. The summed E-state index contributed by atoms with van der Waals surface area (Å²) in [6, 6.07) is 46.6. The number of nitrogens with zero attached hydrogens (tertiary/aromatic N) is 4. The van der Waals surface area contributed by atoms with Crippen LogP contribution in [0.15, 0.2) is 133 Å². The Bertz CT molecular complexity index is 2590. The largest absolute Gasteiger partial charge is 0.456 e. The Labute approximate surface area is 245 Å². The number of rotatable bonds is 2. The van der Waals surface area contributed by atoms with Gasteiger partial charge in [0.1, 0.15) is 11.5 Å². The van der Waals surface area contributed by atoms with Crippen molar-refractivity contribution in [1.82, 2.24) is 19.1 Å². The minimum Gasteiger partial charge on any atom is -0.456 e. The predicted molar refractivity (Wildman–Crippen MR) is 174 cm³/mol. The van der Waals surface area contributed by atoms with E-state index >= 15 is 0 Å². The van der Waals surface area contributed by atoms with E-state index in [2.05, 4.69) is 106 Å². The van der Waals surface area contributed by atoms with Gasteiger partial charge in [-0.1, -0.05) is 72.8 Å². The molecule has 3 aromatic heterocycles. The average molecular weight is 551 g/mol. The highest BCUT2D eigenvalue weighted by Crippen LogP contribution is 2.46. The van der Waals surface area contributed by atoms with Gasteiger partial charge in [-0.05, 0) is 60.7 Å². The lowest BCUT2D eigenvalue weighted by Gasteiger charge is -2.20. The van der Waals surface area contributed by atoms with E-state index in [9.17, 15) is 0 Å². The molecule has 0 bridgehead atoms. The molecule has 0 saturated carbocycles. The van der Waals surface area contributed by atoms with Gasteiger partial charge in [-0.25, -0.2) is 9.97 Å². The maximum Gasteiger partial charge on any atom is 0.235 e. The summed E-state index contributed by atoms with van der Waals surface area (Å²) in [5.41, 5.74) is 8.38. The molecule has 0 amide bonds. The number of aromatic nitrogens is 4. The van der Waals surface area contributed by atoms with Crippen molar-refractivity contribution in [3.63, 3.8) is 0 Å². The predicted octanol–water partition coefficient (Wildman–Crippen LogP) is 9.60. The van der Waals surface area contributed by atoms with E-state index < -0.39 is 0 Å². The Hall–Kier alpha value is -5.94. The summed E-state index contributed by atoms with van der Waals surface area (Å²) in [4.78, 5) is 10.4. The van der Waals surface area contributed by atoms with E-state index in [0.29, 0.717) is 5.95 Å². The fourth-order valence-electron chi connectivity index (χ4n) is 6.89. The van der Waals surface area contributed by atoms with Crippen molar-refractivity contribution in [2.75, 3.05) is 0 Å². The minimum atomic E-state index is 0.647. The maximum atomic E-state index is 6.26. The molecule has 1 aliphatic heterocycles. The zero-order valence-electron chi connectivity index (χ0n) is 22.9. The molecular weight excluding hydrogens is 528 g/mol. The van der Waals surface area contributed by atoms with E-state index in [1.54, 1.807) is 0 Å². The molecule has 0 fully saturated rings. The zero-order chi connectivity index (χ0) is 28.1. The number of hydrogen-bond donors (Lipinski definition) is 0. The monoisotopic (exact) mass is 550 g/mol. The number of para-hydroxylation sites is 4. The lowest BCUT2D eigenvalue weighted by Crippen LogP contribution is -2.06. The van der Waals surface area contributed by atoms with Gasteiger partial charge in [0, 0.05) is 32.8 Å². The van der Waals surface area contributed by atoms with Crippen LogP contribution in [-0.2, 0) is 0 Å². The highest BCUT2D eigenvalue weighted by molar-refractivity contribution is 6.19. The SMILES string of the molecule is c1ccc(-n2c3ccccc3c3cc4c(cc32)c2ccccc2n4-c2nc3c4c(cccc4n2)Oc2ccccc2-3)cc1. The normalized spacial score (nSPS) is 12.4. The number of hydrogen-bond acceptors (Lipinski definition) is 3. The molecule has 1 aliphatic rings. The van der Waals surface area contributed by atoms with Gasteiger partial charge in [0.2, 0.25) is 5.95 Å².